The minimum absolute atomic E-state index is 0.220. The number of rotatable bonds is 5. The van der Waals surface area contributed by atoms with E-state index in [1.807, 2.05) is 24.3 Å². The van der Waals surface area contributed by atoms with E-state index >= 15 is 0 Å². The maximum atomic E-state index is 12.4. The summed E-state index contributed by atoms with van der Waals surface area (Å²) in [6, 6.07) is 9.93. The van der Waals surface area contributed by atoms with E-state index in [2.05, 4.69) is 0 Å². The van der Waals surface area contributed by atoms with E-state index in [9.17, 15) is 9.59 Å². The highest BCUT2D eigenvalue weighted by atomic mass is 32.2. The third kappa shape index (κ3) is 3.51. The molecular formula is C18H15NO5S2. The molecule has 134 valence electrons. The summed E-state index contributed by atoms with van der Waals surface area (Å²) in [6.07, 6.45) is 1.57. The SMILES string of the molecule is COc1ccc(-c2ccc(/C=C3/SC(=S)N([C@@H](C)C(=O)O)C3=O)o2)cc1. The minimum atomic E-state index is -1.11. The smallest absolute Gasteiger partial charge is 0.326 e. The van der Waals surface area contributed by atoms with Crippen molar-refractivity contribution < 1.29 is 23.8 Å². The lowest BCUT2D eigenvalue weighted by Crippen LogP contribution is -2.41. The standard InChI is InChI=1S/C18H15NO5S2/c1-10(17(21)22)19-16(20)15(26-18(19)25)9-13-7-8-14(24-13)11-3-5-12(23-2)6-4-11/h3-10H,1-2H3,(H,21,22)/b15-9+/t10-/m0/s1. The Bertz CT molecular complexity index is 901. The Morgan fingerprint density at radius 3 is 2.62 bits per heavy atom. The van der Waals surface area contributed by atoms with Crippen molar-refractivity contribution in [3.8, 4) is 17.1 Å². The molecule has 1 N–H and O–H groups in total. The second kappa shape index (κ2) is 7.35. The number of methoxy groups -OCH3 is 1. The van der Waals surface area contributed by atoms with Gasteiger partial charge >= 0.3 is 5.97 Å². The van der Waals surface area contributed by atoms with Crippen LogP contribution in [0.4, 0.5) is 0 Å². The van der Waals surface area contributed by atoms with E-state index in [-0.39, 0.29) is 4.32 Å². The average Bonchev–Trinajstić information content (AvgIpc) is 3.19. The Morgan fingerprint density at radius 2 is 2.00 bits per heavy atom. The molecule has 1 fully saturated rings. The molecular weight excluding hydrogens is 374 g/mol. The number of ether oxygens (including phenoxy) is 1. The van der Waals surface area contributed by atoms with Crippen molar-refractivity contribution >= 4 is 46.3 Å². The Hall–Kier alpha value is -2.58. The van der Waals surface area contributed by atoms with Gasteiger partial charge < -0.3 is 14.3 Å². The molecule has 8 heteroatoms. The largest absolute Gasteiger partial charge is 0.497 e. The molecule has 1 aliphatic rings. The number of furan rings is 1. The van der Waals surface area contributed by atoms with Gasteiger partial charge in [-0.3, -0.25) is 9.69 Å². The van der Waals surface area contributed by atoms with Crippen molar-refractivity contribution in [1.29, 1.82) is 0 Å². The summed E-state index contributed by atoms with van der Waals surface area (Å²) in [5.41, 5.74) is 0.873. The zero-order valence-electron chi connectivity index (χ0n) is 14.0. The van der Waals surface area contributed by atoms with Crippen LogP contribution in [0.3, 0.4) is 0 Å². The average molecular weight is 389 g/mol. The first-order valence-corrected chi connectivity index (χ1v) is 8.87. The molecule has 6 nitrogen and oxygen atoms in total. The Labute approximate surface area is 159 Å². The van der Waals surface area contributed by atoms with Crippen LogP contribution in [0, 0.1) is 0 Å². The number of nitrogens with zero attached hydrogens (tertiary/aromatic N) is 1. The van der Waals surface area contributed by atoms with Gasteiger partial charge in [0.25, 0.3) is 5.91 Å². The number of carboxylic acid groups (broad SMARTS) is 1. The number of carbonyl (C=O) groups excluding carboxylic acids is 1. The van der Waals surface area contributed by atoms with Gasteiger partial charge in [-0.2, -0.15) is 0 Å². The quantitative estimate of drug-likeness (QED) is 0.618. The van der Waals surface area contributed by atoms with Crippen molar-refractivity contribution in [3.63, 3.8) is 0 Å². The maximum Gasteiger partial charge on any atom is 0.326 e. The molecule has 1 saturated heterocycles. The van der Waals surface area contributed by atoms with Crippen molar-refractivity contribution in [2.75, 3.05) is 7.11 Å². The number of thioether (sulfide) groups is 1. The molecule has 1 atom stereocenters. The molecule has 1 aliphatic heterocycles. The number of thiocarbonyl (C=S) groups is 1. The predicted molar refractivity (Wildman–Crippen MR) is 103 cm³/mol. The number of carboxylic acids is 1. The second-order valence-electron chi connectivity index (χ2n) is 5.50. The number of amides is 1. The third-order valence-electron chi connectivity index (χ3n) is 3.84. The van der Waals surface area contributed by atoms with Gasteiger partial charge in [-0.1, -0.05) is 24.0 Å². The maximum absolute atomic E-state index is 12.4. The van der Waals surface area contributed by atoms with Crippen LogP contribution in [-0.4, -0.2) is 39.4 Å². The summed E-state index contributed by atoms with van der Waals surface area (Å²) in [4.78, 5) is 25.0. The Kier molecular flexibility index (Phi) is 5.15. The first kappa shape index (κ1) is 18.2. The summed E-state index contributed by atoms with van der Waals surface area (Å²) in [7, 11) is 1.60. The lowest BCUT2D eigenvalue weighted by atomic mass is 10.2. The van der Waals surface area contributed by atoms with Crippen LogP contribution < -0.4 is 4.74 Å². The van der Waals surface area contributed by atoms with Gasteiger partial charge in [-0.25, -0.2) is 4.79 Å². The summed E-state index contributed by atoms with van der Waals surface area (Å²) >= 11 is 6.19. The molecule has 0 spiro atoms. The highest BCUT2D eigenvalue weighted by Gasteiger charge is 2.38. The monoisotopic (exact) mass is 389 g/mol. The Balaban J connectivity index is 1.82. The van der Waals surface area contributed by atoms with Crippen molar-refractivity contribution in [2.24, 2.45) is 0 Å². The van der Waals surface area contributed by atoms with Gasteiger partial charge in [-0.15, -0.1) is 0 Å². The summed E-state index contributed by atoms with van der Waals surface area (Å²) < 4.78 is 11.1. The normalized spacial score (nSPS) is 17.0. The zero-order chi connectivity index (χ0) is 18.8. The molecule has 26 heavy (non-hydrogen) atoms. The van der Waals surface area contributed by atoms with Crippen molar-refractivity contribution in [2.45, 2.75) is 13.0 Å². The summed E-state index contributed by atoms with van der Waals surface area (Å²) in [5.74, 6) is 0.337. The molecule has 1 aromatic heterocycles. The van der Waals surface area contributed by atoms with Crippen LogP contribution in [-0.2, 0) is 9.59 Å². The van der Waals surface area contributed by atoms with Gasteiger partial charge in [0.15, 0.2) is 0 Å². The van der Waals surface area contributed by atoms with Gasteiger partial charge in [0, 0.05) is 11.6 Å². The van der Waals surface area contributed by atoms with E-state index in [1.54, 1.807) is 25.3 Å². The molecule has 0 unspecified atom stereocenters. The van der Waals surface area contributed by atoms with Crippen molar-refractivity contribution in [1.82, 2.24) is 4.90 Å². The van der Waals surface area contributed by atoms with Crippen LogP contribution in [0.1, 0.15) is 12.7 Å². The minimum Gasteiger partial charge on any atom is -0.497 e. The van der Waals surface area contributed by atoms with Crippen LogP contribution in [0.15, 0.2) is 45.7 Å². The number of carbonyl (C=O) groups is 2. The topological polar surface area (TPSA) is 80.0 Å². The predicted octanol–water partition coefficient (Wildman–Crippen LogP) is 3.63. The van der Waals surface area contributed by atoms with E-state index in [0.717, 1.165) is 28.0 Å². The van der Waals surface area contributed by atoms with Crippen LogP contribution in [0.5, 0.6) is 5.75 Å². The highest BCUT2D eigenvalue weighted by molar-refractivity contribution is 8.26. The zero-order valence-corrected chi connectivity index (χ0v) is 15.6. The third-order valence-corrected chi connectivity index (χ3v) is 5.17. The molecule has 1 amide bonds. The number of hydrogen-bond acceptors (Lipinski definition) is 6. The fourth-order valence-electron chi connectivity index (χ4n) is 2.39. The van der Waals surface area contributed by atoms with Gasteiger partial charge in [0.05, 0.1) is 12.0 Å². The molecule has 0 aliphatic carbocycles. The van der Waals surface area contributed by atoms with Crippen molar-refractivity contribution in [3.05, 3.63) is 47.1 Å². The fraction of sp³-hybridized carbons (Fsp3) is 0.167. The fourth-order valence-corrected chi connectivity index (χ4v) is 3.79. The molecule has 2 aromatic rings. The Morgan fingerprint density at radius 1 is 1.31 bits per heavy atom. The number of hydrogen-bond donors (Lipinski definition) is 1. The molecule has 0 bridgehead atoms. The van der Waals surface area contributed by atoms with Gasteiger partial charge in [-0.05, 0) is 43.3 Å². The molecule has 3 rings (SSSR count). The first-order valence-electron chi connectivity index (χ1n) is 7.65. The van der Waals surface area contributed by atoms with E-state index in [1.165, 1.54) is 6.92 Å². The van der Waals surface area contributed by atoms with E-state index in [0.29, 0.717) is 16.4 Å². The van der Waals surface area contributed by atoms with Gasteiger partial charge in [0.1, 0.15) is 27.6 Å². The van der Waals surface area contributed by atoms with Crippen LogP contribution >= 0.6 is 24.0 Å². The number of aliphatic carboxylic acids is 1. The van der Waals surface area contributed by atoms with Crippen LogP contribution in [0.2, 0.25) is 0 Å². The van der Waals surface area contributed by atoms with E-state index < -0.39 is 17.9 Å². The molecule has 0 saturated carbocycles. The van der Waals surface area contributed by atoms with E-state index in [4.69, 9.17) is 26.5 Å². The lowest BCUT2D eigenvalue weighted by Gasteiger charge is -2.18. The highest BCUT2D eigenvalue weighted by Crippen LogP contribution is 2.35. The lowest BCUT2D eigenvalue weighted by molar-refractivity contribution is -0.144. The number of benzene rings is 1. The first-order chi connectivity index (χ1) is 12.4. The molecule has 0 radical (unpaired) electrons. The second-order valence-corrected chi connectivity index (χ2v) is 7.17. The molecule has 2 heterocycles. The van der Waals surface area contributed by atoms with Crippen LogP contribution in [0.25, 0.3) is 17.4 Å². The van der Waals surface area contributed by atoms with Gasteiger partial charge in [0.2, 0.25) is 0 Å². The molecule has 1 aromatic carbocycles. The summed E-state index contributed by atoms with van der Waals surface area (Å²) in [5, 5.41) is 9.11. The summed E-state index contributed by atoms with van der Waals surface area (Å²) in [6.45, 7) is 1.42.